The molecular formula is C29H26Cl2N8O6. The number of halogens is 2. The fourth-order valence-electron chi connectivity index (χ4n) is 4.75. The lowest BCUT2D eigenvalue weighted by atomic mass is 10.0. The summed E-state index contributed by atoms with van der Waals surface area (Å²) in [5.74, 6) is -1.58. The van der Waals surface area contributed by atoms with Gasteiger partial charge in [0.05, 0.1) is 23.3 Å². The van der Waals surface area contributed by atoms with Crippen LogP contribution in [0.4, 0.5) is 5.69 Å². The first-order chi connectivity index (χ1) is 21.4. The van der Waals surface area contributed by atoms with Crippen LogP contribution in [0.5, 0.6) is 0 Å². The molecule has 0 saturated carbocycles. The molecule has 1 aliphatic heterocycles. The highest BCUT2D eigenvalue weighted by Gasteiger charge is 2.39. The highest BCUT2D eigenvalue weighted by molar-refractivity contribution is 6.31. The number of hydrogen-bond acceptors (Lipinski definition) is 10. The van der Waals surface area contributed by atoms with E-state index in [2.05, 4.69) is 15.6 Å². The second-order valence-electron chi connectivity index (χ2n) is 10.0. The van der Waals surface area contributed by atoms with Gasteiger partial charge >= 0.3 is 6.10 Å². The van der Waals surface area contributed by atoms with E-state index in [1.165, 1.54) is 45.0 Å². The maximum atomic E-state index is 13.7. The highest BCUT2D eigenvalue weighted by atomic mass is 35.5. The number of carbonyl (C=O) groups excluding carboxylic acids is 3. The molecule has 0 spiro atoms. The van der Waals surface area contributed by atoms with Gasteiger partial charge in [-0.05, 0) is 42.0 Å². The summed E-state index contributed by atoms with van der Waals surface area (Å²) in [4.78, 5) is 43.5. The van der Waals surface area contributed by atoms with Gasteiger partial charge < -0.3 is 36.3 Å². The van der Waals surface area contributed by atoms with Gasteiger partial charge in [0.1, 0.15) is 19.1 Å². The number of carbonyl (C=O) groups is 3. The number of amides is 3. The fourth-order valence-corrected chi connectivity index (χ4v) is 5.04. The van der Waals surface area contributed by atoms with Crippen LogP contribution in [0.3, 0.4) is 0 Å². The number of piperazine rings is 1. The van der Waals surface area contributed by atoms with Crippen molar-refractivity contribution in [1.29, 1.82) is 5.41 Å². The molecular weight excluding hydrogens is 627 g/mol. The van der Waals surface area contributed by atoms with Crippen LogP contribution in [-0.4, -0.2) is 83.9 Å². The van der Waals surface area contributed by atoms with Crippen molar-refractivity contribution in [2.45, 2.75) is 18.6 Å². The number of rotatable bonds is 9. The van der Waals surface area contributed by atoms with Crippen LogP contribution < -0.4 is 15.5 Å². The van der Waals surface area contributed by atoms with Gasteiger partial charge in [-0.1, -0.05) is 58.7 Å². The molecule has 1 atom stereocenters. The van der Waals surface area contributed by atoms with Crippen LogP contribution in [0.15, 0.2) is 90.4 Å². The van der Waals surface area contributed by atoms with E-state index in [-0.39, 0.29) is 28.6 Å². The van der Waals surface area contributed by atoms with Crippen molar-refractivity contribution in [3.63, 3.8) is 0 Å². The number of allylic oxidation sites excluding steroid dienone is 4. The zero-order valence-electron chi connectivity index (χ0n) is 23.3. The highest BCUT2D eigenvalue weighted by Crippen LogP contribution is 2.30. The molecule has 2 heterocycles. The number of anilines is 1. The Hall–Kier alpha value is -4.86. The molecule has 14 nitrogen and oxygen atoms in total. The number of nitrogens with one attached hydrogen (secondary N) is 3. The fraction of sp³-hybridized carbons (Fsp3) is 0.172. The van der Waals surface area contributed by atoms with Crippen molar-refractivity contribution in [1.82, 2.24) is 30.5 Å². The number of aliphatic hydroxyl groups is 3. The van der Waals surface area contributed by atoms with Gasteiger partial charge in [0.15, 0.2) is 5.15 Å². The summed E-state index contributed by atoms with van der Waals surface area (Å²) >= 11 is 12.2. The summed E-state index contributed by atoms with van der Waals surface area (Å²) in [6, 6.07) is 12.6. The molecule has 2 aromatic carbocycles. The molecule has 16 heteroatoms. The Bertz CT molecular complexity index is 1750. The lowest BCUT2D eigenvalue weighted by molar-refractivity contribution is -0.324. The number of benzene rings is 2. The molecule has 6 N–H and O–H groups in total. The number of nitrogens with zero attached hydrogens (tertiary/aromatic N) is 5. The summed E-state index contributed by atoms with van der Waals surface area (Å²) < 4.78 is 1.36. The molecule has 1 fully saturated rings. The average Bonchev–Trinajstić information content (AvgIpc) is 3.43. The SMILES string of the molecule is N=C1C=CC(NC(=O)C(Cc2ccccc2)N2CC(=O)N(c3cc(Cl)ccc3-n3cc(Cl)nn3)CC2=O)=C/C1=C/NC(O)(O)O. The predicted molar refractivity (Wildman–Crippen MR) is 163 cm³/mol. The first-order valence-corrected chi connectivity index (χ1v) is 14.1. The van der Waals surface area contributed by atoms with Gasteiger partial charge in [-0.3, -0.25) is 19.3 Å². The van der Waals surface area contributed by atoms with Gasteiger partial charge in [-0.25, -0.2) is 4.68 Å². The molecule has 2 aliphatic rings. The maximum Gasteiger partial charge on any atom is 0.366 e. The minimum atomic E-state index is -3.21. The van der Waals surface area contributed by atoms with E-state index in [4.69, 9.17) is 43.9 Å². The monoisotopic (exact) mass is 652 g/mol. The van der Waals surface area contributed by atoms with Crippen molar-refractivity contribution in [3.05, 3.63) is 106 Å². The van der Waals surface area contributed by atoms with Crippen LogP contribution in [0.1, 0.15) is 5.56 Å². The van der Waals surface area contributed by atoms with E-state index in [9.17, 15) is 14.4 Å². The smallest absolute Gasteiger partial charge is 0.325 e. The van der Waals surface area contributed by atoms with E-state index in [0.29, 0.717) is 16.4 Å². The van der Waals surface area contributed by atoms with Crippen molar-refractivity contribution < 1.29 is 29.7 Å². The summed E-state index contributed by atoms with van der Waals surface area (Å²) in [7, 11) is 0. The van der Waals surface area contributed by atoms with Gasteiger partial charge in [-0.15, -0.1) is 5.10 Å². The van der Waals surface area contributed by atoms with Crippen molar-refractivity contribution >= 4 is 52.3 Å². The van der Waals surface area contributed by atoms with Gasteiger partial charge in [-0.2, -0.15) is 0 Å². The Labute approximate surface area is 266 Å². The minimum absolute atomic E-state index is 0.0453. The van der Waals surface area contributed by atoms with Crippen molar-refractivity contribution in [3.8, 4) is 5.69 Å². The van der Waals surface area contributed by atoms with E-state index in [1.54, 1.807) is 36.4 Å². The molecule has 3 aromatic rings. The largest absolute Gasteiger partial charge is 0.366 e. The third-order valence-corrected chi connectivity index (χ3v) is 7.26. The number of hydrogen-bond donors (Lipinski definition) is 6. The second kappa shape index (κ2) is 13.0. The molecule has 0 radical (unpaired) electrons. The molecule has 0 bridgehead atoms. The first kappa shape index (κ1) is 31.6. The maximum absolute atomic E-state index is 13.7. The Morgan fingerprint density at radius 1 is 1.04 bits per heavy atom. The summed E-state index contributed by atoms with van der Waals surface area (Å²) in [6.45, 7) is -0.815. The standard InChI is InChI=1S/C29H26Cl2N8O6/c30-19-6-9-22(39-14-25(31)35-36-39)23(12-19)37-15-27(41)38(16-26(37)40)24(10-17-4-2-1-3-5-17)28(42)34-20-7-8-21(32)18(11-20)13-33-29(43,44)45/h1-9,11-14,24,32-33,43-45H,10,15-16H2,(H,34,42)/b18-13-,32-21?. The lowest BCUT2D eigenvalue weighted by Crippen LogP contribution is -2.60. The molecule has 3 amide bonds. The second-order valence-corrected chi connectivity index (χ2v) is 10.9. The molecule has 1 aliphatic carbocycles. The number of aromatic nitrogens is 3. The van der Waals surface area contributed by atoms with Gasteiger partial charge in [0.25, 0.3) is 0 Å². The van der Waals surface area contributed by atoms with Crippen LogP contribution in [-0.2, 0) is 20.8 Å². The van der Waals surface area contributed by atoms with E-state index in [1.807, 2.05) is 11.4 Å². The lowest BCUT2D eigenvalue weighted by Gasteiger charge is -2.38. The van der Waals surface area contributed by atoms with Crippen LogP contribution in [0.25, 0.3) is 5.69 Å². The topological polar surface area (TPSA) is 197 Å². The summed E-state index contributed by atoms with van der Waals surface area (Å²) in [6.07, 6.45) is 3.46. The Morgan fingerprint density at radius 3 is 2.49 bits per heavy atom. The van der Waals surface area contributed by atoms with Gasteiger partial charge in [0, 0.05) is 28.9 Å². The minimum Gasteiger partial charge on any atom is -0.325 e. The molecule has 1 aromatic heterocycles. The quantitative estimate of drug-likeness (QED) is 0.183. The Balaban J connectivity index is 1.41. The van der Waals surface area contributed by atoms with E-state index < -0.39 is 42.9 Å². The summed E-state index contributed by atoms with van der Waals surface area (Å²) in [5.41, 5.74) is 1.74. The van der Waals surface area contributed by atoms with E-state index >= 15 is 0 Å². The van der Waals surface area contributed by atoms with Crippen molar-refractivity contribution in [2.75, 3.05) is 18.0 Å². The molecule has 1 unspecified atom stereocenters. The van der Waals surface area contributed by atoms with Crippen LogP contribution in [0, 0.1) is 5.41 Å². The van der Waals surface area contributed by atoms with E-state index in [0.717, 1.165) is 11.8 Å². The third-order valence-electron chi connectivity index (χ3n) is 6.85. The van der Waals surface area contributed by atoms with Crippen LogP contribution >= 0.6 is 23.2 Å². The van der Waals surface area contributed by atoms with Crippen LogP contribution in [0.2, 0.25) is 10.2 Å². The van der Waals surface area contributed by atoms with Crippen molar-refractivity contribution in [2.24, 2.45) is 0 Å². The molecule has 5 rings (SSSR count). The first-order valence-electron chi connectivity index (χ1n) is 13.3. The Morgan fingerprint density at radius 2 is 1.80 bits per heavy atom. The zero-order valence-corrected chi connectivity index (χ0v) is 24.8. The Kier molecular flexibility index (Phi) is 9.13. The predicted octanol–water partition coefficient (Wildman–Crippen LogP) is 1.01. The summed E-state index contributed by atoms with van der Waals surface area (Å²) in [5, 5.41) is 48.2. The molecule has 232 valence electrons. The average molecular weight is 653 g/mol. The molecule has 45 heavy (non-hydrogen) atoms. The molecule has 1 saturated heterocycles. The van der Waals surface area contributed by atoms with Gasteiger partial charge in [0.2, 0.25) is 17.7 Å². The zero-order chi connectivity index (χ0) is 32.3. The normalized spacial score (nSPS) is 17.0. The third kappa shape index (κ3) is 7.63.